The van der Waals surface area contributed by atoms with E-state index in [9.17, 15) is 4.79 Å². The lowest BCUT2D eigenvalue weighted by Crippen LogP contribution is -2.47. The van der Waals surface area contributed by atoms with Crippen LogP contribution < -0.4 is 15.5 Å². The third-order valence-corrected chi connectivity index (χ3v) is 6.76. The molecule has 158 valence electrons. The molecule has 2 N–H and O–H groups in total. The maximum atomic E-state index is 12.6. The first-order valence-electron chi connectivity index (χ1n) is 11.3. The van der Waals surface area contributed by atoms with Gasteiger partial charge in [0.15, 0.2) is 5.96 Å². The topological polar surface area (TPSA) is 60.0 Å². The van der Waals surface area contributed by atoms with Crippen LogP contribution in [-0.4, -0.2) is 62.1 Å². The monoisotopic (exact) mass is 397 g/mol. The molecule has 4 rings (SSSR count). The molecule has 2 unspecified atom stereocenters. The van der Waals surface area contributed by atoms with Crippen molar-refractivity contribution in [1.82, 2.24) is 15.5 Å². The Morgan fingerprint density at radius 1 is 1.21 bits per heavy atom. The van der Waals surface area contributed by atoms with Crippen LogP contribution in [0.2, 0.25) is 0 Å². The number of hydrogen-bond acceptors (Lipinski definition) is 3. The number of aliphatic imine (C=N–C) groups is 1. The van der Waals surface area contributed by atoms with Crippen molar-refractivity contribution in [2.24, 2.45) is 10.9 Å². The van der Waals surface area contributed by atoms with Crippen molar-refractivity contribution in [3.05, 3.63) is 29.8 Å². The lowest BCUT2D eigenvalue weighted by molar-refractivity contribution is -0.134. The average molecular weight is 398 g/mol. The number of para-hydroxylation sites is 1. The molecule has 2 fully saturated rings. The van der Waals surface area contributed by atoms with Crippen molar-refractivity contribution in [3.8, 4) is 0 Å². The fourth-order valence-corrected chi connectivity index (χ4v) is 5.16. The molecule has 2 heterocycles. The molecule has 2 aliphatic heterocycles. The summed E-state index contributed by atoms with van der Waals surface area (Å²) in [4.78, 5) is 21.6. The number of benzene rings is 1. The van der Waals surface area contributed by atoms with E-state index in [-0.39, 0.29) is 12.0 Å². The number of guanidine groups is 1. The number of nitrogens with one attached hydrogen (secondary N) is 2. The molecular formula is C23H35N5O. The Labute approximate surface area is 174 Å². The molecule has 1 amide bonds. The zero-order valence-corrected chi connectivity index (χ0v) is 17.9. The summed E-state index contributed by atoms with van der Waals surface area (Å²) in [7, 11) is 1.82. The fraction of sp³-hybridized carbons (Fsp3) is 0.652. The molecule has 1 aromatic rings. The highest BCUT2D eigenvalue weighted by molar-refractivity contribution is 5.81. The lowest BCUT2D eigenvalue weighted by atomic mass is 10.1. The highest BCUT2D eigenvalue weighted by atomic mass is 16.2. The number of fused-ring (bicyclic) bond motifs is 1. The Morgan fingerprint density at radius 3 is 2.79 bits per heavy atom. The van der Waals surface area contributed by atoms with Crippen LogP contribution in [0, 0.1) is 5.92 Å². The third-order valence-electron chi connectivity index (χ3n) is 6.76. The molecule has 29 heavy (non-hydrogen) atoms. The number of anilines is 1. The van der Waals surface area contributed by atoms with E-state index in [0.29, 0.717) is 11.9 Å². The number of amides is 1. The molecule has 6 nitrogen and oxygen atoms in total. The maximum Gasteiger partial charge on any atom is 0.225 e. The molecule has 1 aromatic carbocycles. The van der Waals surface area contributed by atoms with Crippen molar-refractivity contribution < 1.29 is 4.79 Å². The van der Waals surface area contributed by atoms with Crippen LogP contribution in [0.15, 0.2) is 29.3 Å². The molecule has 0 bridgehead atoms. The van der Waals surface area contributed by atoms with E-state index in [2.05, 4.69) is 56.6 Å². The molecule has 0 radical (unpaired) electrons. The van der Waals surface area contributed by atoms with Crippen molar-refractivity contribution in [1.29, 1.82) is 0 Å². The van der Waals surface area contributed by atoms with Gasteiger partial charge in [0.25, 0.3) is 0 Å². The number of likely N-dealkylation sites (tertiary alicyclic amines) is 1. The quantitative estimate of drug-likeness (QED) is 0.592. The summed E-state index contributed by atoms with van der Waals surface area (Å²) in [5.74, 6) is 1.48. The first kappa shape index (κ1) is 20.0. The van der Waals surface area contributed by atoms with Gasteiger partial charge < -0.3 is 20.4 Å². The average Bonchev–Trinajstić information content (AvgIpc) is 3.47. The van der Waals surface area contributed by atoms with Gasteiger partial charge in [0.2, 0.25) is 5.91 Å². The highest BCUT2D eigenvalue weighted by Crippen LogP contribution is 2.31. The Kier molecular flexibility index (Phi) is 6.26. The molecule has 2 atom stereocenters. The summed E-state index contributed by atoms with van der Waals surface area (Å²) >= 11 is 0. The van der Waals surface area contributed by atoms with Crippen LogP contribution in [0.1, 0.15) is 44.6 Å². The van der Waals surface area contributed by atoms with Crippen LogP contribution in [0.3, 0.4) is 0 Å². The Morgan fingerprint density at radius 2 is 2.00 bits per heavy atom. The molecule has 3 aliphatic rings. The smallest absolute Gasteiger partial charge is 0.225 e. The number of hydrogen-bond donors (Lipinski definition) is 2. The number of carbonyl (C=O) groups excluding carboxylic acids is 1. The van der Waals surface area contributed by atoms with Crippen LogP contribution in [-0.2, 0) is 11.2 Å². The predicted molar refractivity (Wildman–Crippen MR) is 118 cm³/mol. The minimum absolute atomic E-state index is 0.275. The van der Waals surface area contributed by atoms with Gasteiger partial charge in [-0.2, -0.15) is 0 Å². The molecule has 6 heteroatoms. The Hall–Kier alpha value is -2.24. The van der Waals surface area contributed by atoms with Crippen LogP contribution in [0.5, 0.6) is 0 Å². The largest absolute Gasteiger partial charge is 0.367 e. The molecule has 1 aliphatic carbocycles. The summed E-state index contributed by atoms with van der Waals surface area (Å²) in [6.45, 7) is 5.76. The third kappa shape index (κ3) is 4.51. The van der Waals surface area contributed by atoms with E-state index >= 15 is 0 Å². The van der Waals surface area contributed by atoms with E-state index in [0.717, 1.165) is 57.8 Å². The molecule has 1 saturated heterocycles. The first-order valence-corrected chi connectivity index (χ1v) is 11.3. The highest BCUT2D eigenvalue weighted by Gasteiger charge is 2.32. The number of carbonyl (C=O) groups is 1. The summed E-state index contributed by atoms with van der Waals surface area (Å²) in [6, 6.07) is 9.53. The molecule has 0 aromatic heterocycles. The SMILES string of the molecule is CN=C(NCCN1c2ccccc2CC1C)NC1CCN(C(=O)C2CCCC2)C1. The summed E-state index contributed by atoms with van der Waals surface area (Å²) < 4.78 is 0. The van der Waals surface area contributed by atoms with Crippen molar-refractivity contribution in [2.45, 2.75) is 57.5 Å². The van der Waals surface area contributed by atoms with Crippen molar-refractivity contribution in [2.75, 3.05) is 38.1 Å². The van der Waals surface area contributed by atoms with Crippen molar-refractivity contribution >= 4 is 17.6 Å². The number of nitrogens with zero attached hydrogens (tertiary/aromatic N) is 3. The van der Waals surface area contributed by atoms with E-state index in [4.69, 9.17) is 0 Å². The van der Waals surface area contributed by atoms with Gasteiger partial charge >= 0.3 is 0 Å². The summed E-state index contributed by atoms with van der Waals surface area (Å²) in [5, 5.41) is 6.99. The minimum atomic E-state index is 0.275. The van der Waals surface area contributed by atoms with E-state index in [1.807, 2.05) is 7.05 Å². The normalized spacial score (nSPS) is 24.8. The maximum absolute atomic E-state index is 12.6. The Balaban J connectivity index is 1.23. The van der Waals surface area contributed by atoms with Gasteiger partial charge in [0.05, 0.1) is 0 Å². The summed E-state index contributed by atoms with van der Waals surface area (Å²) in [5.41, 5.74) is 2.81. The lowest BCUT2D eigenvalue weighted by Gasteiger charge is -2.26. The van der Waals surface area contributed by atoms with Crippen LogP contribution >= 0.6 is 0 Å². The fourth-order valence-electron chi connectivity index (χ4n) is 5.16. The van der Waals surface area contributed by atoms with Gasteiger partial charge in [-0.25, -0.2) is 0 Å². The van der Waals surface area contributed by atoms with Gasteiger partial charge in [0, 0.05) is 56.9 Å². The van der Waals surface area contributed by atoms with Gasteiger partial charge in [-0.15, -0.1) is 0 Å². The second-order valence-electron chi connectivity index (χ2n) is 8.77. The standard InChI is InChI=1S/C23H35N5O/c1-17-15-19-9-5-6-10-21(19)28(17)14-12-25-23(24-2)26-20-11-13-27(16-20)22(29)18-7-3-4-8-18/h5-6,9-10,17-18,20H,3-4,7-8,11-16H2,1-2H3,(H2,24,25,26). The second-order valence-corrected chi connectivity index (χ2v) is 8.77. The van der Waals surface area contributed by atoms with Gasteiger partial charge in [-0.05, 0) is 44.2 Å². The van der Waals surface area contributed by atoms with E-state index in [1.54, 1.807) is 0 Å². The van der Waals surface area contributed by atoms with Crippen LogP contribution in [0.25, 0.3) is 0 Å². The predicted octanol–water partition coefficient (Wildman–Crippen LogP) is 2.39. The van der Waals surface area contributed by atoms with Gasteiger partial charge in [0.1, 0.15) is 0 Å². The first-order chi connectivity index (χ1) is 14.2. The van der Waals surface area contributed by atoms with Gasteiger partial charge in [-0.3, -0.25) is 9.79 Å². The molecule has 1 saturated carbocycles. The van der Waals surface area contributed by atoms with E-state index in [1.165, 1.54) is 24.1 Å². The number of rotatable bonds is 5. The van der Waals surface area contributed by atoms with Crippen LogP contribution in [0.4, 0.5) is 5.69 Å². The summed E-state index contributed by atoms with van der Waals surface area (Å²) in [6.07, 6.45) is 6.69. The van der Waals surface area contributed by atoms with Crippen molar-refractivity contribution in [3.63, 3.8) is 0 Å². The molecule has 0 spiro atoms. The zero-order chi connectivity index (χ0) is 20.2. The minimum Gasteiger partial charge on any atom is -0.367 e. The van der Waals surface area contributed by atoms with Gasteiger partial charge in [-0.1, -0.05) is 31.0 Å². The Bertz CT molecular complexity index is 743. The zero-order valence-electron chi connectivity index (χ0n) is 17.9. The van der Waals surface area contributed by atoms with E-state index < -0.39 is 0 Å². The molecular weight excluding hydrogens is 362 g/mol. The second kappa shape index (κ2) is 9.06.